The second-order valence-corrected chi connectivity index (χ2v) is 5.18. The topological polar surface area (TPSA) is 52.0 Å². The smallest absolute Gasteiger partial charge is 0.146 e. The SMILES string of the molecule is CCNCC1CCN(c2nccc(C)c2C#N)CC1. The van der Waals surface area contributed by atoms with Crippen LogP contribution in [0.5, 0.6) is 0 Å². The van der Waals surface area contributed by atoms with Crippen molar-refractivity contribution in [2.24, 2.45) is 5.92 Å². The van der Waals surface area contributed by atoms with Gasteiger partial charge in [0.2, 0.25) is 0 Å². The Morgan fingerprint density at radius 3 is 2.84 bits per heavy atom. The monoisotopic (exact) mass is 258 g/mol. The van der Waals surface area contributed by atoms with E-state index >= 15 is 0 Å². The molecule has 19 heavy (non-hydrogen) atoms. The van der Waals surface area contributed by atoms with Crippen LogP contribution < -0.4 is 10.2 Å². The molecular formula is C15H22N4. The number of nitriles is 1. The fraction of sp³-hybridized carbons (Fsp3) is 0.600. The Bertz CT molecular complexity index is 456. The number of pyridine rings is 1. The maximum atomic E-state index is 9.27. The van der Waals surface area contributed by atoms with Gasteiger partial charge in [0.15, 0.2) is 0 Å². The summed E-state index contributed by atoms with van der Waals surface area (Å²) in [4.78, 5) is 6.67. The summed E-state index contributed by atoms with van der Waals surface area (Å²) >= 11 is 0. The highest BCUT2D eigenvalue weighted by Gasteiger charge is 2.22. The quantitative estimate of drug-likeness (QED) is 0.898. The summed E-state index contributed by atoms with van der Waals surface area (Å²) in [5.41, 5.74) is 1.75. The predicted octanol–water partition coefficient (Wildman–Crippen LogP) is 2.09. The highest BCUT2D eigenvalue weighted by molar-refractivity contribution is 5.57. The van der Waals surface area contributed by atoms with Crippen LogP contribution in [0.15, 0.2) is 12.3 Å². The van der Waals surface area contributed by atoms with Crippen LogP contribution in [0.1, 0.15) is 30.9 Å². The third-order valence-electron chi connectivity index (χ3n) is 3.85. The fourth-order valence-corrected chi connectivity index (χ4v) is 2.62. The van der Waals surface area contributed by atoms with Gasteiger partial charge in [-0.2, -0.15) is 5.26 Å². The summed E-state index contributed by atoms with van der Waals surface area (Å²) in [6.45, 7) is 8.27. The molecule has 4 heteroatoms. The molecule has 1 N–H and O–H groups in total. The largest absolute Gasteiger partial charge is 0.355 e. The van der Waals surface area contributed by atoms with Crippen LogP contribution in [0.3, 0.4) is 0 Å². The Hall–Kier alpha value is -1.60. The molecule has 1 aromatic rings. The molecule has 0 amide bonds. The molecule has 0 bridgehead atoms. The van der Waals surface area contributed by atoms with Crippen molar-refractivity contribution in [2.75, 3.05) is 31.1 Å². The van der Waals surface area contributed by atoms with Crippen LogP contribution in [0.4, 0.5) is 5.82 Å². The number of anilines is 1. The second kappa shape index (κ2) is 6.53. The van der Waals surface area contributed by atoms with Gasteiger partial charge in [-0.05, 0) is 50.4 Å². The minimum Gasteiger partial charge on any atom is -0.355 e. The molecule has 1 saturated heterocycles. The van der Waals surface area contributed by atoms with Crippen molar-refractivity contribution in [3.8, 4) is 6.07 Å². The number of piperidine rings is 1. The molecule has 2 heterocycles. The summed E-state index contributed by atoms with van der Waals surface area (Å²) in [6, 6.07) is 4.19. The molecule has 1 aliphatic rings. The zero-order valence-electron chi connectivity index (χ0n) is 11.8. The van der Waals surface area contributed by atoms with Crippen molar-refractivity contribution in [3.63, 3.8) is 0 Å². The zero-order valence-corrected chi connectivity index (χ0v) is 11.8. The highest BCUT2D eigenvalue weighted by Crippen LogP contribution is 2.25. The van der Waals surface area contributed by atoms with E-state index in [1.165, 1.54) is 12.8 Å². The van der Waals surface area contributed by atoms with Crippen molar-refractivity contribution in [3.05, 3.63) is 23.4 Å². The van der Waals surface area contributed by atoms with Gasteiger partial charge < -0.3 is 10.2 Å². The molecule has 0 radical (unpaired) electrons. The number of rotatable bonds is 4. The van der Waals surface area contributed by atoms with Gasteiger partial charge in [-0.3, -0.25) is 0 Å². The van der Waals surface area contributed by atoms with E-state index in [0.29, 0.717) is 0 Å². The van der Waals surface area contributed by atoms with E-state index in [4.69, 9.17) is 0 Å². The van der Waals surface area contributed by atoms with E-state index in [2.05, 4.69) is 28.2 Å². The van der Waals surface area contributed by atoms with Crippen LogP contribution in [0, 0.1) is 24.2 Å². The average molecular weight is 258 g/mol. The highest BCUT2D eigenvalue weighted by atomic mass is 15.2. The first kappa shape index (κ1) is 13.8. The van der Waals surface area contributed by atoms with E-state index in [0.717, 1.165) is 49.0 Å². The van der Waals surface area contributed by atoms with Gasteiger partial charge in [0.05, 0.1) is 5.56 Å². The molecule has 0 aromatic carbocycles. The number of hydrogen-bond donors (Lipinski definition) is 1. The van der Waals surface area contributed by atoms with Crippen LogP contribution in [0.25, 0.3) is 0 Å². The Kier molecular flexibility index (Phi) is 4.75. The first-order valence-corrected chi connectivity index (χ1v) is 7.07. The fourth-order valence-electron chi connectivity index (χ4n) is 2.62. The van der Waals surface area contributed by atoms with Crippen LogP contribution in [-0.2, 0) is 0 Å². The summed E-state index contributed by atoms with van der Waals surface area (Å²) in [5, 5.41) is 12.7. The molecule has 0 spiro atoms. The minimum atomic E-state index is 0.729. The lowest BCUT2D eigenvalue weighted by Gasteiger charge is -2.33. The van der Waals surface area contributed by atoms with Crippen LogP contribution in [-0.4, -0.2) is 31.2 Å². The van der Waals surface area contributed by atoms with E-state index in [1.54, 1.807) is 6.20 Å². The number of aryl methyl sites for hydroxylation is 1. The summed E-state index contributed by atoms with van der Waals surface area (Å²) < 4.78 is 0. The van der Waals surface area contributed by atoms with Gasteiger partial charge in [0, 0.05) is 19.3 Å². The Balaban J connectivity index is 2.02. The Morgan fingerprint density at radius 1 is 1.47 bits per heavy atom. The van der Waals surface area contributed by atoms with Crippen molar-refractivity contribution in [1.82, 2.24) is 10.3 Å². The average Bonchev–Trinajstić information content (AvgIpc) is 2.45. The van der Waals surface area contributed by atoms with Gasteiger partial charge in [0.25, 0.3) is 0 Å². The third kappa shape index (κ3) is 3.24. The number of aromatic nitrogens is 1. The first-order valence-electron chi connectivity index (χ1n) is 7.07. The maximum absolute atomic E-state index is 9.27. The number of nitrogens with one attached hydrogen (secondary N) is 1. The van der Waals surface area contributed by atoms with Crippen molar-refractivity contribution >= 4 is 5.82 Å². The molecule has 0 aliphatic carbocycles. The Labute approximate surface area is 115 Å². The lowest BCUT2D eigenvalue weighted by atomic mass is 9.96. The van der Waals surface area contributed by atoms with Gasteiger partial charge in [-0.15, -0.1) is 0 Å². The zero-order chi connectivity index (χ0) is 13.7. The molecule has 2 rings (SSSR count). The van der Waals surface area contributed by atoms with Crippen molar-refractivity contribution < 1.29 is 0 Å². The van der Waals surface area contributed by atoms with Gasteiger partial charge in [-0.1, -0.05) is 6.92 Å². The second-order valence-electron chi connectivity index (χ2n) is 5.18. The molecule has 1 fully saturated rings. The normalized spacial score (nSPS) is 16.4. The molecule has 0 saturated carbocycles. The third-order valence-corrected chi connectivity index (χ3v) is 3.85. The number of nitrogens with zero attached hydrogens (tertiary/aromatic N) is 3. The van der Waals surface area contributed by atoms with Gasteiger partial charge in [-0.25, -0.2) is 4.98 Å². The lowest BCUT2D eigenvalue weighted by molar-refractivity contribution is 0.385. The van der Waals surface area contributed by atoms with Crippen molar-refractivity contribution in [1.29, 1.82) is 5.26 Å². The summed E-state index contributed by atoms with van der Waals surface area (Å²) in [6.07, 6.45) is 4.15. The predicted molar refractivity (Wildman–Crippen MR) is 77.2 cm³/mol. The molecular weight excluding hydrogens is 236 g/mol. The molecule has 1 aliphatic heterocycles. The molecule has 0 atom stereocenters. The van der Waals surface area contributed by atoms with E-state index in [1.807, 2.05) is 13.0 Å². The van der Waals surface area contributed by atoms with Crippen LogP contribution in [0.2, 0.25) is 0 Å². The maximum Gasteiger partial charge on any atom is 0.146 e. The van der Waals surface area contributed by atoms with Gasteiger partial charge in [0.1, 0.15) is 11.9 Å². The molecule has 102 valence electrons. The summed E-state index contributed by atoms with van der Waals surface area (Å²) in [7, 11) is 0. The molecule has 4 nitrogen and oxygen atoms in total. The molecule has 0 unspecified atom stereocenters. The summed E-state index contributed by atoms with van der Waals surface area (Å²) in [5.74, 6) is 1.62. The first-order chi connectivity index (χ1) is 9.26. The van der Waals surface area contributed by atoms with Crippen molar-refractivity contribution in [2.45, 2.75) is 26.7 Å². The van der Waals surface area contributed by atoms with E-state index in [9.17, 15) is 5.26 Å². The number of hydrogen-bond acceptors (Lipinski definition) is 4. The van der Waals surface area contributed by atoms with Crippen LogP contribution >= 0.6 is 0 Å². The lowest BCUT2D eigenvalue weighted by Crippen LogP contribution is -2.38. The minimum absolute atomic E-state index is 0.729. The molecule has 1 aromatic heterocycles. The standard InChI is InChI=1S/C15H22N4/c1-3-17-11-13-5-8-19(9-6-13)15-14(10-16)12(2)4-7-18-15/h4,7,13,17H,3,5-6,8-9,11H2,1-2H3. The Morgan fingerprint density at radius 2 is 2.21 bits per heavy atom. The van der Waals surface area contributed by atoms with E-state index in [-0.39, 0.29) is 0 Å². The van der Waals surface area contributed by atoms with Gasteiger partial charge >= 0.3 is 0 Å². The van der Waals surface area contributed by atoms with E-state index < -0.39 is 0 Å².